The van der Waals surface area contributed by atoms with Gasteiger partial charge in [-0.25, -0.2) is 8.42 Å². The van der Waals surface area contributed by atoms with Crippen LogP contribution in [0.4, 0.5) is 13.2 Å². The molecular weight excluding hydrogens is 283 g/mol. The van der Waals surface area contributed by atoms with Gasteiger partial charge in [0.15, 0.2) is 5.60 Å². The molecule has 1 saturated heterocycles. The van der Waals surface area contributed by atoms with Crippen LogP contribution in [-0.2, 0) is 14.8 Å². The Balaban J connectivity index is 2.99. The zero-order valence-electron chi connectivity index (χ0n) is 9.13. The average molecular weight is 296 g/mol. The second-order valence-corrected chi connectivity index (χ2v) is 6.30. The first kappa shape index (κ1) is 15.0. The molecule has 0 aromatic carbocycles. The highest BCUT2D eigenvalue weighted by atomic mass is 35.5. The maximum absolute atomic E-state index is 12.9. The molecule has 0 radical (unpaired) electrons. The Morgan fingerprint density at radius 1 is 1.47 bits per heavy atom. The summed E-state index contributed by atoms with van der Waals surface area (Å²) >= 11 is 5.23. The summed E-state index contributed by atoms with van der Waals surface area (Å²) in [5.74, 6) is 0. The van der Waals surface area contributed by atoms with E-state index in [0.717, 1.165) is 4.31 Å². The standard InChI is InChI=1S/C8H13ClF3NO3S/c1-2-7(8(10,11)12)5-13(3-4-16-7)17(14,15)6-9/h2-6H2,1H3. The number of hydrogen-bond donors (Lipinski definition) is 0. The summed E-state index contributed by atoms with van der Waals surface area (Å²) in [7, 11) is -3.84. The first-order chi connectivity index (χ1) is 7.68. The van der Waals surface area contributed by atoms with Gasteiger partial charge in [0.25, 0.3) is 0 Å². The van der Waals surface area contributed by atoms with Crippen molar-refractivity contribution in [2.45, 2.75) is 25.1 Å². The van der Waals surface area contributed by atoms with E-state index in [1.54, 1.807) is 0 Å². The van der Waals surface area contributed by atoms with Gasteiger partial charge >= 0.3 is 6.18 Å². The summed E-state index contributed by atoms with van der Waals surface area (Å²) in [6.07, 6.45) is -4.95. The smallest absolute Gasteiger partial charge is 0.363 e. The highest BCUT2D eigenvalue weighted by Crippen LogP contribution is 2.39. The fourth-order valence-electron chi connectivity index (χ4n) is 1.64. The van der Waals surface area contributed by atoms with E-state index in [4.69, 9.17) is 16.3 Å². The van der Waals surface area contributed by atoms with E-state index in [2.05, 4.69) is 0 Å². The van der Waals surface area contributed by atoms with E-state index in [1.807, 2.05) is 0 Å². The van der Waals surface area contributed by atoms with E-state index in [0.29, 0.717) is 0 Å². The molecule has 0 N–H and O–H groups in total. The van der Waals surface area contributed by atoms with Gasteiger partial charge in [0, 0.05) is 6.54 Å². The summed E-state index contributed by atoms with van der Waals surface area (Å²) in [6.45, 7) is 0.183. The normalized spacial score (nSPS) is 28.3. The molecule has 0 saturated carbocycles. The Kier molecular flexibility index (Phi) is 4.33. The Bertz CT molecular complexity index is 373. The molecule has 1 unspecified atom stereocenters. The van der Waals surface area contributed by atoms with Crippen LogP contribution < -0.4 is 0 Å². The van der Waals surface area contributed by atoms with Crippen molar-refractivity contribution in [1.82, 2.24) is 4.31 Å². The maximum atomic E-state index is 12.9. The van der Waals surface area contributed by atoms with Crippen LogP contribution in [0.1, 0.15) is 13.3 Å². The second-order valence-electron chi connectivity index (χ2n) is 3.75. The fourth-order valence-corrected chi connectivity index (χ4v) is 2.95. The lowest BCUT2D eigenvalue weighted by molar-refractivity contribution is -0.291. The van der Waals surface area contributed by atoms with Crippen LogP contribution in [0.5, 0.6) is 0 Å². The molecule has 9 heteroatoms. The number of rotatable bonds is 3. The van der Waals surface area contributed by atoms with Crippen molar-refractivity contribution in [2.75, 3.05) is 24.9 Å². The van der Waals surface area contributed by atoms with Gasteiger partial charge in [-0.2, -0.15) is 17.5 Å². The summed E-state index contributed by atoms with van der Waals surface area (Å²) in [4.78, 5) is 0. The van der Waals surface area contributed by atoms with E-state index >= 15 is 0 Å². The molecule has 0 spiro atoms. The zero-order valence-corrected chi connectivity index (χ0v) is 10.7. The van der Waals surface area contributed by atoms with Crippen LogP contribution in [0.3, 0.4) is 0 Å². The lowest BCUT2D eigenvalue weighted by Gasteiger charge is -2.42. The molecule has 4 nitrogen and oxygen atoms in total. The Labute approximate surface area is 103 Å². The van der Waals surface area contributed by atoms with Crippen LogP contribution in [0.15, 0.2) is 0 Å². The molecule has 1 rings (SSSR count). The van der Waals surface area contributed by atoms with E-state index in [-0.39, 0.29) is 19.6 Å². The summed E-state index contributed by atoms with van der Waals surface area (Å²) < 4.78 is 67.1. The van der Waals surface area contributed by atoms with Crippen LogP contribution in [-0.4, -0.2) is 49.4 Å². The Morgan fingerprint density at radius 2 is 2.06 bits per heavy atom. The molecule has 0 aromatic heterocycles. The van der Waals surface area contributed by atoms with Crippen molar-refractivity contribution in [3.63, 3.8) is 0 Å². The minimum Gasteiger partial charge on any atom is -0.363 e. The Hall–Kier alpha value is -0.0500. The third-order valence-electron chi connectivity index (χ3n) is 2.77. The largest absolute Gasteiger partial charge is 0.418 e. The van der Waals surface area contributed by atoms with Crippen molar-refractivity contribution in [2.24, 2.45) is 0 Å². The van der Waals surface area contributed by atoms with Gasteiger partial charge in [-0.3, -0.25) is 0 Å². The SMILES string of the molecule is CCC1(C(F)(F)F)CN(S(=O)(=O)CCl)CCO1. The van der Waals surface area contributed by atoms with Crippen LogP contribution in [0.2, 0.25) is 0 Å². The molecule has 1 aliphatic heterocycles. The van der Waals surface area contributed by atoms with Gasteiger partial charge in [-0.05, 0) is 6.42 Å². The van der Waals surface area contributed by atoms with Crippen molar-refractivity contribution in [3.05, 3.63) is 0 Å². The predicted molar refractivity (Wildman–Crippen MR) is 56.2 cm³/mol. The topological polar surface area (TPSA) is 46.6 Å². The van der Waals surface area contributed by atoms with Crippen LogP contribution in [0.25, 0.3) is 0 Å². The van der Waals surface area contributed by atoms with Gasteiger partial charge in [0.05, 0.1) is 13.2 Å². The molecule has 1 heterocycles. The number of hydrogen-bond acceptors (Lipinski definition) is 3. The van der Waals surface area contributed by atoms with Crippen molar-refractivity contribution >= 4 is 21.6 Å². The number of nitrogens with zero attached hydrogens (tertiary/aromatic N) is 1. The van der Waals surface area contributed by atoms with Crippen LogP contribution in [0, 0.1) is 0 Å². The third kappa shape index (κ3) is 2.86. The average Bonchev–Trinajstić information content (AvgIpc) is 2.27. The highest BCUT2D eigenvalue weighted by molar-refractivity contribution is 7.90. The first-order valence-electron chi connectivity index (χ1n) is 4.93. The van der Waals surface area contributed by atoms with Crippen molar-refractivity contribution in [3.8, 4) is 0 Å². The van der Waals surface area contributed by atoms with Crippen LogP contribution >= 0.6 is 11.6 Å². The molecule has 1 fully saturated rings. The summed E-state index contributed by atoms with van der Waals surface area (Å²) in [6, 6.07) is 0. The number of halogens is 4. The highest BCUT2D eigenvalue weighted by Gasteiger charge is 2.58. The monoisotopic (exact) mass is 295 g/mol. The Morgan fingerprint density at radius 3 is 2.47 bits per heavy atom. The number of alkyl halides is 4. The molecule has 0 bridgehead atoms. The third-order valence-corrected chi connectivity index (χ3v) is 4.97. The fraction of sp³-hybridized carbons (Fsp3) is 1.00. The minimum absolute atomic E-state index is 0.104. The van der Waals surface area contributed by atoms with Gasteiger partial charge < -0.3 is 4.74 Å². The first-order valence-corrected chi connectivity index (χ1v) is 7.07. The predicted octanol–water partition coefficient (Wildman–Crippen LogP) is 1.56. The molecule has 0 aliphatic carbocycles. The molecule has 1 aliphatic rings. The minimum atomic E-state index is -4.61. The molecule has 102 valence electrons. The molecule has 0 amide bonds. The van der Waals surface area contributed by atoms with E-state index < -0.39 is 33.6 Å². The van der Waals surface area contributed by atoms with E-state index in [1.165, 1.54) is 6.92 Å². The number of ether oxygens (including phenoxy) is 1. The molecular formula is C8H13ClF3NO3S. The van der Waals surface area contributed by atoms with Gasteiger partial charge in [0.1, 0.15) is 5.21 Å². The zero-order chi connectivity index (χ0) is 13.3. The summed E-state index contributed by atoms with van der Waals surface area (Å²) in [5, 5.41) is -0.731. The van der Waals surface area contributed by atoms with Gasteiger partial charge in [-0.15, -0.1) is 11.6 Å². The quantitative estimate of drug-likeness (QED) is 0.742. The number of morpholine rings is 1. The molecule has 1 atom stereocenters. The second kappa shape index (κ2) is 4.91. The summed E-state index contributed by atoms with van der Waals surface area (Å²) in [5.41, 5.74) is -2.43. The molecule has 0 aromatic rings. The lowest BCUT2D eigenvalue weighted by atomic mass is 9.98. The van der Waals surface area contributed by atoms with Crippen molar-refractivity contribution in [1.29, 1.82) is 0 Å². The van der Waals surface area contributed by atoms with Crippen molar-refractivity contribution < 1.29 is 26.3 Å². The number of sulfonamides is 1. The lowest BCUT2D eigenvalue weighted by Crippen LogP contribution is -2.60. The maximum Gasteiger partial charge on any atom is 0.418 e. The van der Waals surface area contributed by atoms with Gasteiger partial charge in [-0.1, -0.05) is 6.92 Å². The molecule has 17 heavy (non-hydrogen) atoms. The van der Waals surface area contributed by atoms with Gasteiger partial charge in [0.2, 0.25) is 10.0 Å². The van der Waals surface area contributed by atoms with E-state index in [9.17, 15) is 21.6 Å².